The van der Waals surface area contributed by atoms with E-state index >= 15 is 0 Å². The van der Waals surface area contributed by atoms with Gasteiger partial charge in [0.2, 0.25) is 0 Å². The second kappa shape index (κ2) is 7.12. The van der Waals surface area contributed by atoms with Crippen molar-refractivity contribution in [3.05, 3.63) is 12.7 Å². The Labute approximate surface area is 130 Å². The van der Waals surface area contributed by atoms with Crippen LogP contribution in [0.25, 0.3) is 0 Å². The summed E-state index contributed by atoms with van der Waals surface area (Å²) in [6, 6.07) is 0. The van der Waals surface area contributed by atoms with E-state index in [1.54, 1.807) is 0 Å². The van der Waals surface area contributed by atoms with Crippen LogP contribution in [0.4, 0.5) is 26.3 Å². The van der Waals surface area contributed by atoms with Crippen LogP contribution in [0.3, 0.4) is 0 Å². The number of rotatable bonds is 3. The Kier molecular flexibility index (Phi) is 6.92. The van der Waals surface area contributed by atoms with Crippen molar-refractivity contribution in [2.24, 2.45) is 5.92 Å². The molecule has 0 aliphatic heterocycles. The monoisotopic (exact) mass is 406 g/mol. The molecular weight excluding hydrogens is 393 g/mol. The fraction of sp³-hybridized carbons (Fsp3) is 0.750. The van der Waals surface area contributed by atoms with Crippen LogP contribution in [0.5, 0.6) is 0 Å². The van der Waals surface area contributed by atoms with Crippen molar-refractivity contribution in [1.29, 1.82) is 0 Å². The van der Waals surface area contributed by atoms with Gasteiger partial charge in [-0.2, -0.15) is 26.3 Å². The normalized spacial score (nSPS) is 17.8. The molecule has 0 spiro atoms. The quantitative estimate of drug-likeness (QED) is 0.233. The molecule has 1 radical (unpaired) electrons. The maximum absolute atomic E-state index is 13.1. The van der Waals surface area contributed by atoms with Gasteiger partial charge in [-0.05, 0) is 12.8 Å². The summed E-state index contributed by atoms with van der Waals surface area (Å²) in [5, 5.41) is 0. The van der Waals surface area contributed by atoms with Gasteiger partial charge in [0.15, 0.2) is 0 Å². The van der Waals surface area contributed by atoms with Crippen LogP contribution in [-0.2, 0) is 29.0 Å². The van der Waals surface area contributed by atoms with Gasteiger partial charge in [-0.25, -0.2) is 0 Å². The van der Waals surface area contributed by atoms with Crippen LogP contribution in [0.2, 0.25) is 0 Å². The molecule has 0 aromatic rings. The Morgan fingerprint density at radius 1 is 1.00 bits per heavy atom. The minimum absolute atomic E-state index is 0. The Morgan fingerprint density at radius 3 is 1.76 bits per heavy atom. The van der Waals surface area contributed by atoms with E-state index < -0.39 is 29.8 Å². The predicted octanol–water partition coefficient (Wildman–Crippen LogP) is 3.96. The summed E-state index contributed by atoms with van der Waals surface area (Å²) < 4.78 is 82.4. The van der Waals surface area contributed by atoms with Crippen molar-refractivity contribution in [1.82, 2.24) is 0 Å². The molecule has 0 bridgehead atoms. The Balaban J connectivity index is 0.00000400. The van der Waals surface area contributed by atoms with Crippen molar-refractivity contribution < 1.29 is 55.4 Å². The third-order valence-corrected chi connectivity index (χ3v) is 3.42. The molecule has 0 unspecified atom stereocenters. The zero-order chi connectivity index (χ0) is 15.6. The second-order valence-corrected chi connectivity index (χ2v) is 4.63. The maximum Gasteiger partial charge on any atom is 0.437 e. The third-order valence-electron chi connectivity index (χ3n) is 3.42. The van der Waals surface area contributed by atoms with Gasteiger partial charge in [0, 0.05) is 25.4 Å². The standard InChI is InChI=1S/C12H13F6O2.Rh/c1-2-9(19)20-10(11(13,14)15,12(16,17)18)8-6-4-3-5-7-8;/h8H,1,3-7H2;/q-1;. The summed E-state index contributed by atoms with van der Waals surface area (Å²) in [6.45, 7) is 2.72. The molecule has 0 heterocycles. The van der Waals surface area contributed by atoms with E-state index in [9.17, 15) is 31.1 Å². The molecule has 125 valence electrons. The van der Waals surface area contributed by atoms with Crippen molar-refractivity contribution in [3.63, 3.8) is 0 Å². The van der Waals surface area contributed by atoms with Gasteiger partial charge < -0.3 is 10.8 Å². The molecule has 0 amide bonds. The first-order valence-electron chi connectivity index (χ1n) is 5.95. The molecule has 0 aromatic carbocycles. The first-order chi connectivity index (χ1) is 9.06. The number of ether oxygens (including phenoxy) is 1. The summed E-state index contributed by atoms with van der Waals surface area (Å²) in [5.41, 5.74) is -4.48. The molecule has 0 aromatic heterocycles. The van der Waals surface area contributed by atoms with E-state index in [1.165, 1.54) is 6.08 Å². The number of halogens is 6. The Bertz CT molecular complexity index is 357. The molecule has 1 rings (SSSR count). The van der Waals surface area contributed by atoms with Crippen LogP contribution < -0.4 is 0 Å². The van der Waals surface area contributed by atoms with E-state index in [2.05, 4.69) is 11.3 Å². The van der Waals surface area contributed by atoms with Crippen LogP contribution in [0.1, 0.15) is 32.1 Å². The maximum atomic E-state index is 13.1. The van der Waals surface area contributed by atoms with E-state index in [4.69, 9.17) is 0 Å². The van der Waals surface area contributed by atoms with E-state index in [0.717, 1.165) is 0 Å². The number of alkyl halides is 6. The number of carbonyl (C=O) groups is 1. The summed E-state index contributed by atoms with van der Waals surface area (Å²) >= 11 is 0. The van der Waals surface area contributed by atoms with Gasteiger partial charge in [-0.1, -0.05) is 19.3 Å². The van der Waals surface area contributed by atoms with Crippen molar-refractivity contribution in [3.8, 4) is 0 Å². The molecule has 1 saturated carbocycles. The van der Waals surface area contributed by atoms with Crippen LogP contribution in [0.15, 0.2) is 6.58 Å². The second-order valence-electron chi connectivity index (χ2n) is 4.63. The first-order valence-corrected chi connectivity index (χ1v) is 5.95. The van der Waals surface area contributed by atoms with Crippen LogP contribution in [-0.4, -0.2) is 23.9 Å². The number of hydrogen-bond donors (Lipinski definition) is 0. The molecular formula is C12H13F6O2Rh-. The van der Waals surface area contributed by atoms with Gasteiger partial charge in [-0.3, -0.25) is 11.4 Å². The molecule has 1 fully saturated rings. The molecule has 9 heteroatoms. The minimum Gasteiger partial charge on any atom is -0.464 e. The summed E-state index contributed by atoms with van der Waals surface area (Å²) in [4.78, 5) is 11.0. The molecule has 1 aliphatic carbocycles. The van der Waals surface area contributed by atoms with Gasteiger partial charge >= 0.3 is 18.0 Å². The number of carbonyl (C=O) groups excluding carboxylic acids is 1. The van der Waals surface area contributed by atoms with Gasteiger partial charge in [0.05, 0.1) is 0 Å². The minimum atomic E-state index is -5.75. The van der Waals surface area contributed by atoms with E-state index in [1.807, 2.05) is 0 Å². The van der Waals surface area contributed by atoms with E-state index in [-0.39, 0.29) is 45.2 Å². The summed E-state index contributed by atoms with van der Waals surface area (Å²) in [7, 11) is 0. The van der Waals surface area contributed by atoms with Gasteiger partial charge in [0.1, 0.15) is 5.97 Å². The largest absolute Gasteiger partial charge is 0.464 e. The SMILES string of the molecule is C=[C-]C(=O)OC(C1CCCCC1)(C(F)(F)F)C(F)(F)F.[Rh]. The predicted molar refractivity (Wildman–Crippen MR) is 56.4 cm³/mol. The Hall–Kier alpha value is -0.587. The molecule has 1 aliphatic rings. The molecule has 21 heavy (non-hydrogen) atoms. The zero-order valence-corrected chi connectivity index (χ0v) is 12.4. The smallest absolute Gasteiger partial charge is 0.437 e. The molecule has 0 N–H and O–H groups in total. The average Bonchev–Trinajstić information content (AvgIpc) is 2.33. The molecule has 0 atom stereocenters. The first kappa shape index (κ1) is 20.4. The topological polar surface area (TPSA) is 26.3 Å². The summed E-state index contributed by atoms with van der Waals surface area (Å²) in [5.74, 6) is -3.70. The van der Waals surface area contributed by atoms with Gasteiger partial charge in [-0.15, -0.1) is 0 Å². The van der Waals surface area contributed by atoms with Crippen molar-refractivity contribution >= 4 is 5.97 Å². The third kappa shape index (κ3) is 3.99. The fourth-order valence-electron chi connectivity index (χ4n) is 2.51. The molecule has 0 saturated heterocycles. The number of hydrogen-bond acceptors (Lipinski definition) is 2. The average molecular weight is 406 g/mol. The molecule has 2 nitrogen and oxygen atoms in total. The van der Waals surface area contributed by atoms with Crippen LogP contribution >= 0.6 is 0 Å². The zero-order valence-electron chi connectivity index (χ0n) is 10.7. The number of esters is 1. The fourth-order valence-corrected chi connectivity index (χ4v) is 2.51. The van der Waals surface area contributed by atoms with Crippen molar-refractivity contribution in [2.75, 3.05) is 0 Å². The van der Waals surface area contributed by atoms with Crippen molar-refractivity contribution in [2.45, 2.75) is 50.1 Å². The van der Waals surface area contributed by atoms with Crippen LogP contribution in [0, 0.1) is 12.0 Å². The Morgan fingerprint density at radius 2 is 1.43 bits per heavy atom. The van der Waals surface area contributed by atoms with Gasteiger partial charge in [0.25, 0.3) is 0 Å². The summed E-state index contributed by atoms with van der Waals surface area (Å²) in [6.07, 6.45) is -9.69. The van der Waals surface area contributed by atoms with E-state index in [0.29, 0.717) is 6.42 Å².